The van der Waals surface area contributed by atoms with Gasteiger partial charge in [0.1, 0.15) is 11.4 Å². The van der Waals surface area contributed by atoms with Crippen LogP contribution in [0.3, 0.4) is 0 Å². The standard InChI is InChI=1S/C15H12O3/c1-3-15(2)8-11-13(17)12(16)9-6-4-5-7-10(9)14(11)18-15/h3-7H,1,8H2,2H3. The van der Waals surface area contributed by atoms with Crippen LogP contribution in [0.5, 0.6) is 0 Å². The summed E-state index contributed by atoms with van der Waals surface area (Å²) in [6.45, 7) is 5.58. The van der Waals surface area contributed by atoms with Crippen LogP contribution in [-0.4, -0.2) is 17.2 Å². The molecule has 3 nitrogen and oxygen atoms in total. The third-order valence-electron chi connectivity index (χ3n) is 3.47. The van der Waals surface area contributed by atoms with Gasteiger partial charge in [0.25, 0.3) is 0 Å². The molecule has 0 radical (unpaired) electrons. The van der Waals surface area contributed by atoms with E-state index in [0.717, 1.165) is 0 Å². The first-order valence-corrected chi connectivity index (χ1v) is 5.80. The second-order valence-corrected chi connectivity index (χ2v) is 4.81. The van der Waals surface area contributed by atoms with Crippen LogP contribution in [-0.2, 0) is 9.53 Å². The van der Waals surface area contributed by atoms with Gasteiger partial charge >= 0.3 is 0 Å². The molecule has 1 aliphatic carbocycles. The number of fused-ring (bicyclic) bond motifs is 2. The Bertz CT molecular complexity index is 624. The molecule has 1 aromatic rings. The molecule has 1 atom stereocenters. The van der Waals surface area contributed by atoms with Crippen LogP contribution in [0.4, 0.5) is 0 Å². The Hall–Kier alpha value is -2.16. The van der Waals surface area contributed by atoms with E-state index in [9.17, 15) is 9.59 Å². The fourth-order valence-electron chi connectivity index (χ4n) is 2.42. The molecule has 90 valence electrons. The van der Waals surface area contributed by atoms with Crippen LogP contribution in [0, 0.1) is 0 Å². The average molecular weight is 240 g/mol. The second-order valence-electron chi connectivity index (χ2n) is 4.81. The molecule has 0 saturated heterocycles. The number of carbonyl (C=O) groups is 2. The SMILES string of the molecule is C=CC1(C)CC2=C(O1)c1ccccc1C(=O)C2=O. The Kier molecular flexibility index (Phi) is 2.08. The van der Waals surface area contributed by atoms with E-state index < -0.39 is 17.2 Å². The maximum absolute atomic E-state index is 12.1. The van der Waals surface area contributed by atoms with Crippen molar-refractivity contribution in [2.45, 2.75) is 18.9 Å². The molecule has 0 saturated carbocycles. The van der Waals surface area contributed by atoms with E-state index >= 15 is 0 Å². The zero-order valence-electron chi connectivity index (χ0n) is 10.0. The van der Waals surface area contributed by atoms with Gasteiger partial charge in [0.05, 0.1) is 5.57 Å². The highest BCUT2D eigenvalue weighted by atomic mass is 16.5. The molecule has 0 fully saturated rings. The van der Waals surface area contributed by atoms with Gasteiger partial charge in [-0.1, -0.05) is 30.8 Å². The van der Waals surface area contributed by atoms with Crippen molar-refractivity contribution in [3.05, 3.63) is 53.6 Å². The fourth-order valence-corrected chi connectivity index (χ4v) is 2.42. The number of benzene rings is 1. The van der Waals surface area contributed by atoms with Gasteiger partial charge in [-0.05, 0) is 13.0 Å². The van der Waals surface area contributed by atoms with E-state index in [-0.39, 0.29) is 0 Å². The predicted octanol–water partition coefficient (Wildman–Crippen LogP) is 2.53. The molecular weight excluding hydrogens is 228 g/mol. The summed E-state index contributed by atoms with van der Waals surface area (Å²) < 4.78 is 5.84. The van der Waals surface area contributed by atoms with Gasteiger partial charge in [0, 0.05) is 17.5 Å². The van der Waals surface area contributed by atoms with Crippen molar-refractivity contribution >= 4 is 17.3 Å². The van der Waals surface area contributed by atoms with E-state index in [4.69, 9.17) is 4.74 Å². The number of ketones is 2. The van der Waals surface area contributed by atoms with Crippen molar-refractivity contribution in [1.82, 2.24) is 0 Å². The average Bonchev–Trinajstić information content (AvgIpc) is 2.75. The summed E-state index contributed by atoms with van der Waals surface area (Å²) in [6.07, 6.45) is 2.08. The summed E-state index contributed by atoms with van der Waals surface area (Å²) in [7, 11) is 0. The summed E-state index contributed by atoms with van der Waals surface area (Å²) in [6, 6.07) is 7.05. The Balaban J connectivity index is 2.21. The van der Waals surface area contributed by atoms with Crippen molar-refractivity contribution in [2.75, 3.05) is 0 Å². The first-order chi connectivity index (χ1) is 8.56. The normalized spacial score (nSPS) is 25.6. The monoisotopic (exact) mass is 240 g/mol. The van der Waals surface area contributed by atoms with Crippen molar-refractivity contribution in [2.24, 2.45) is 0 Å². The molecule has 18 heavy (non-hydrogen) atoms. The van der Waals surface area contributed by atoms with E-state index in [0.29, 0.717) is 28.9 Å². The zero-order chi connectivity index (χ0) is 12.9. The molecule has 3 rings (SSSR count). The number of ether oxygens (including phenoxy) is 1. The highest BCUT2D eigenvalue weighted by Crippen LogP contribution is 2.43. The first-order valence-electron chi connectivity index (χ1n) is 5.80. The van der Waals surface area contributed by atoms with Gasteiger partial charge in [0.2, 0.25) is 11.6 Å². The lowest BCUT2D eigenvalue weighted by atomic mass is 9.86. The minimum atomic E-state index is -0.599. The predicted molar refractivity (Wildman–Crippen MR) is 67.0 cm³/mol. The van der Waals surface area contributed by atoms with Crippen molar-refractivity contribution in [1.29, 1.82) is 0 Å². The van der Waals surface area contributed by atoms with Crippen LogP contribution in [0.1, 0.15) is 29.3 Å². The summed E-state index contributed by atoms with van der Waals surface area (Å²) in [4.78, 5) is 24.0. The molecule has 1 unspecified atom stereocenters. The highest BCUT2D eigenvalue weighted by Gasteiger charge is 2.43. The lowest BCUT2D eigenvalue weighted by Crippen LogP contribution is -2.23. The Morgan fingerprint density at radius 2 is 1.89 bits per heavy atom. The van der Waals surface area contributed by atoms with Gasteiger partial charge < -0.3 is 4.74 Å². The van der Waals surface area contributed by atoms with Crippen molar-refractivity contribution in [3.63, 3.8) is 0 Å². The van der Waals surface area contributed by atoms with E-state index in [1.807, 2.05) is 19.1 Å². The number of rotatable bonds is 1. The first kappa shape index (κ1) is 11.0. The fraction of sp³-hybridized carbons (Fsp3) is 0.200. The third-order valence-corrected chi connectivity index (χ3v) is 3.47. The molecule has 0 amide bonds. The summed E-state index contributed by atoms with van der Waals surface area (Å²) in [5.41, 5.74) is 1.01. The molecule has 1 aliphatic heterocycles. The smallest absolute Gasteiger partial charge is 0.234 e. The van der Waals surface area contributed by atoms with Gasteiger partial charge in [-0.2, -0.15) is 0 Å². The highest BCUT2D eigenvalue weighted by molar-refractivity contribution is 6.52. The maximum atomic E-state index is 12.1. The Labute approximate surface area is 105 Å². The molecule has 0 aromatic heterocycles. The minimum Gasteiger partial charge on any atom is -0.482 e. The lowest BCUT2D eigenvalue weighted by molar-refractivity contribution is -0.112. The van der Waals surface area contributed by atoms with Crippen LogP contribution >= 0.6 is 0 Å². The molecule has 1 aromatic carbocycles. The number of carbonyl (C=O) groups excluding carboxylic acids is 2. The van der Waals surface area contributed by atoms with Crippen LogP contribution in [0.15, 0.2) is 42.5 Å². The summed E-state index contributed by atoms with van der Waals surface area (Å²) >= 11 is 0. The largest absolute Gasteiger partial charge is 0.482 e. The maximum Gasteiger partial charge on any atom is 0.234 e. The Morgan fingerprint density at radius 3 is 2.56 bits per heavy atom. The molecular formula is C15H12O3. The van der Waals surface area contributed by atoms with Gasteiger partial charge in [0.15, 0.2) is 0 Å². The summed E-state index contributed by atoms with van der Waals surface area (Å²) in [5.74, 6) is -0.354. The molecule has 0 spiro atoms. The quantitative estimate of drug-likeness (QED) is 0.559. The van der Waals surface area contributed by atoms with E-state index in [1.54, 1.807) is 18.2 Å². The number of hydrogen-bond acceptors (Lipinski definition) is 3. The molecule has 3 heteroatoms. The van der Waals surface area contributed by atoms with Crippen LogP contribution in [0.2, 0.25) is 0 Å². The third kappa shape index (κ3) is 1.30. The van der Waals surface area contributed by atoms with Crippen LogP contribution < -0.4 is 0 Å². The molecule has 0 N–H and O–H groups in total. The molecule has 0 bridgehead atoms. The summed E-state index contributed by atoms with van der Waals surface area (Å²) in [5, 5.41) is 0. The molecule has 2 aliphatic rings. The topological polar surface area (TPSA) is 43.4 Å². The van der Waals surface area contributed by atoms with E-state index in [1.165, 1.54) is 0 Å². The van der Waals surface area contributed by atoms with Crippen molar-refractivity contribution < 1.29 is 14.3 Å². The number of Topliss-reactive ketones (excluding diaryl/α,β-unsaturated/α-hetero) is 2. The van der Waals surface area contributed by atoms with Gasteiger partial charge in [-0.15, -0.1) is 0 Å². The second kappa shape index (κ2) is 3.42. The zero-order valence-corrected chi connectivity index (χ0v) is 10.0. The van der Waals surface area contributed by atoms with E-state index in [2.05, 4.69) is 6.58 Å². The molecule has 1 heterocycles. The van der Waals surface area contributed by atoms with Gasteiger partial charge in [-0.25, -0.2) is 0 Å². The van der Waals surface area contributed by atoms with Crippen molar-refractivity contribution in [3.8, 4) is 0 Å². The lowest BCUT2D eigenvalue weighted by Gasteiger charge is -2.21. The Morgan fingerprint density at radius 1 is 1.22 bits per heavy atom. The van der Waals surface area contributed by atoms with Crippen LogP contribution in [0.25, 0.3) is 5.76 Å². The number of hydrogen-bond donors (Lipinski definition) is 0. The minimum absolute atomic E-state index is 0.407. The van der Waals surface area contributed by atoms with Gasteiger partial charge in [-0.3, -0.25) is 9.59 Å².